The molecule has 3 N–H and O–H groups in total. The monoisotopic (exact) mass is 627 g/mol. The summed E-state index contributed by atoms with van der Waals surface area (Å²) in [7, 11) is 0. The highest BCUT2D eigenvalue weighted by Crippen LogP contribution is 2.30. The van der Waals surface area contributed by atoms with Gasteiger partial charge < -0.3 is 25.4 Å². The Labute approximate surface area is 261 Å². The minimum atomic E-state index is -4.58. The summed E-state index contributed by atoms with van der Waals surface area (Å²) in [6, 6.07) is 17.9. The zero-order valence-electron chi connectivity index (χ0n) is 26.0. The van der Waals surface area contributed by atoms with Gasteiger partial charge in [0.2, 0.25) is 5.91 Å². The molecule has 11 heteroatoms. The standard InChI is InChI=1S/C34H40F3N3O5/c1-22(2)18-28(40-32(43)38-26-13-9-12-25(20-26)34(35,36)37)30(41)39-29(31(42)45-33(3,4)5)19-23-14-16-27(17-15-23)44-21-24-10-7-6-8-11-24/h6-17,20,22,28-29H,18-19,21H2,1-5H3,(H,39,41)(H2,38,40,43). The number of anilines is 1. The molecule has 0 bridgehead atoms. The van der Waals surface area contributed by atoms with Crippen LogP contribution in [0, 0.1) is 5.92 Å². The van der Waals surface area contributed by atoms with Gasteiger partial charge in [-0.3, -0.25) is 4.79 Å². The molecule has 0 saturated carbocycles. The number of rotatable bonds is 12. The van der Waals surface area contributed by atoms with E-state index < -0.39 is 47.3 Å². The number of amides is 3. The molecule has 0 fully saturated rings. The minimum Gasteiger partial charge on any atom is -0.489 e. The Kier molecular flexibility index (Phi) is 12.0. The van der Waals surface area contributed by atoms with Gasteiger partial charge in [0, 0.05) is 12.1 Å². The molecule has 0 radical (unpaired) electrons. The van der Waals surface area contributed by atoms with Crippen LogP contribution in [0.15, 0.2) is 78.9 Å². The second-order valence-corrected chi connectivity index (χ2v) is 12.1. The summed E-state index contributed by atoms with van der Waals surface area (Å²) in [4.78, 5) is 39.4. The van der Waals surface area contributed by atoms with Crippen LogP contribution in [-0.4, -0.2) is 35.6 Å². The average Bonchev–Trinajstić information content (AvgIpc) is 2.95. The second kappa shape index (κ2) is 15.5. The van der Waals surface area contributed by atoms with Crippen molar-refractivity contribution in [3.05, 3.63) is 95.6 Å². The zero-order chi connectivity index (χ0) is 33.2. The Balaban J connectivity index is 1.72. The van der Waals surface area contributed by atoms with Crippen molar-refractivity contribution in [1.29, 1.82) is 0 Å². The topological polar surface area (TPSA) is 106 Å². The van der Waals surface area contributed by atoms with E-state index in [-0.39, 0.29) is 24.4 Å². The summed E-state index contributed by atoms with van der Waals surface area (Å²) in [5.74, 6) is -0.704. The average molecular weight is 628 g/mol. The van der Waals surface area contributed by atoms with Crippen molar-refractivity contribution >= 4 is 23.6 Å². The van der Waals surface area contributed by atoms with E-state index in [4.69, 9.17) is 9.47 Å². The van der Waals surface area contributed by atoms with Crippen LogP contribution < -0.4 is 20.7 Å². The smallest absolute Gasteiger partial charge is 0.416 e. The molecular formula is C34H40F3N3O5. The summed E-state index contributed by atoms with van der Waals surface area (Å²) in [6.07, 6.45) is -4.28. The third kappa shape index (κ3) is 12.2. The lowest BCUT2D eigenvalue weighted by molar-refractivity contribution is -0.158. The van der Waals surface area contributed by atoms with Crippen molar-refractivity contribution in [1.82, 2.24) is 10.6 Å². The van der Waals surface area contributed by atoms with Crippen LogP contribution in [0.25, 0.3) is 0 Å². The zero-order valence-corrected chi connectivity index (χ0v) is 26.0. The summed E-state index contributed by atoms with van der Waals surface area (Å²) < 4.78 is 50.7. The first kappa shape index (κ1) is 34.9. The number of esters is 1. The van der Waals surface area contributed by atoms with Crippen LogP contribution in [0.4, 0.5) is 23.7 Å². The van der Waals surface area contributed by atoms with Crippen molar-refractivity contribution in [2.45, 2.75) is 77.9 Å². The highest BCUT2D eigenvalue weighted by molar-refractivity contribution is 5.95. The van der Waals surface area contributed by atoms with Gasteiger partial charge >= 0.3 is 18.2 Å². The predicted octanol–water partition coefficient (Wildman–Crippen LogP) is 6.89. The van der Waals surface area contributed by atoms with Crippen LogP contribution >= 0.6 is 0 Å². The minimum absolute atomic E-state index is 0.0435. The number of alkyl halides is 3. The lowest BCUT2D eigenvalue weighted by Gasteiger charge is -2.27. The molecule has 2 unspecified atom stereocenters. The van der Waals surface area contributed by atoms with Crippen LogP contribution in [0.2, 0.25) is 0 Å². The third-order valence-electron chi connectivity index (χ3n) is 6.40. The normalized spacial score (nSPS) is 13.0. The van der Waals surface area contributed by atoms with Gasteiger partial charge in [-0.15, -0.1) is 0 Å². The predicted molar refractivity (Wildman–Crippen MR) is 166 cm³/mol. The molecular weight excluding hydrogens is 587 g/mol. The fourth-order valence-corrected chi connectivity index (χ4v) is 4.34. The molecule has 2 atom stereocenters. The maximum Gasteiger partial charge on any atom is 0.416 e. The lowest BCUT2D eigenvalue weighted by Crippen LogP contribution is -2.54. The van der Waals surface area contributed by atoms with Gasteiger partial charge in [-0.25, -0.2) is 9.59 Å². The van der Waals surface area contributed by atoms with Gasteiger partial charge in [-0.1, -0.05) is 62.4 Å². The lowest BCUT2D eigenvalue weighted by atomic mass is 10.0. The van der Waals surface area contributed by atoms with Crippen LogP contribution in [0.1, 0.15) is 57.7 Å². The molecule has 3 aromatic rings. The molecule has 0 saturated heterocycles. The van der Waals surface area contributed by atoms with Crippen molar-refractivity contribution in [2.24, 2.45) is 5.92 Å². The molecule has 0 heterocycles. The molecule has 242 valence electrons. The summed E-state index contributed by atoms with van der Waals surface area (Å²) >= 11 is 0. The fraction of sp³-hybridized carbons (Fsp3) is 0.382. The Hall–Kier alpha value is -4.54. The van der Waals surface area contributed by atoms with E-state index in [0.29, 0.717) is 12.4 Å². The SMILES string of the molecule is CC(C)CC(NC(=O)Nc1cccc(C(F)(F)F)c1)C(=O)NC(Cc1ccc(OCc2ccccc2)cc1)C(=O)OC(C)(C)C. The number of nitrogens with one attached hydrogen (secondary N) is 3. The first-order valence-electron chi connectivity index (χ1n) is 14.6. The number of hydrogen-bond acceptors (Lipinski definition) is 5. The van der Waals surface area contributed by atoms with E-state index in [1.54, 1.807) is 45.0 Å². The molecule has 3 amide bonds. The first-order chi connectivity index (χ1) is 21.1. The maximum atomic E-state index is 13.5. The maximum absolute atomic E-state index is 13.5. The molecule has 0 aliphatic heterocycles. The number of benzene rings is 3. The van der Waals surface area contributed by atoms with E-state index in [1.807, 2.05) is 44.2 Å². The highest BCUT2D eigenvalue weighted by atomic mass is 19.4. The van der Waals surface area contributed by atoms with Crippen molar-refractivity contribution in [2.75, 3.05) is 5.32 Å². The third-order valence-corrected chi connectivity index (χ3v) is 6.40. The van der Waals surface area contributed by atoms with Crippen LogP contribution in [0.3, 0.4) is 0 Å². The number of halogens is 3. The van der Waals surface area contributed by atoms with Gasteiger partial charge in [-0.05, 0) is 74.6 Å². The summed E-state index contributed by atoms with van der Waals surface area (Å²) in [6.45, 7) is 9.22. The van der Waals surface area contributed by atoms with E-state index in [0.717, 1.165) is 23.3 Å². The van der Waals surface area contributed by atoms with Crippen molar-refractivity contribution in [3.8, 4) is 5.75 Å². The number of carbonyl (C=O) groups excluding carboxylic acids is 3. The van der Waals surface area contributed by atoms with E-state index >= 15 is 0 Å². The number of urea groups is 1. The fourth-order valence-electron chi connectivity index (χ4n) is 4.34. The van der Waals surface area contributed by atoms with Gasteiger partial charge in [0.15, 0.2) is 0 Å². The molecule has 0 spiro atoms. The summed E-state index contributed by atoms with van der Waals surface area (Å²) in [5, 5.41) is 7.60. The number of hydrogen-bond donors (Lipinski definition) is 3. The van der Waals surface area contributed by atoms with Crippen molar-refractivity contribution < 1.29 is 37.0 Å². The molecule has 0 aliphatic carbocycles. The molecule has 8 nitrogen and oxygen atoms in total. The van der Waals surface area contributed by atoms with Gasteiger partial charge in [0.1, 0.15) is 30.0 Å². The molecule has 45 heavy (non-hydrogen) atoms. The van der Waals surface area contributed by atoms with Crippen molar-refractivity contribution in [3.63, 3.8) is 0 Å². The Morgan fingerprint density at radius 2 is 1.47 bits per heavy atom. The van der Waals surface area contributed by atoms with E-state index in [2.05, 4.69) is 16.0 Å². The van der Waals surface area contributed by atoms with Gasteiger partial charge in [0.05, 0.1) is 5.56 Å². The van der Waals surface area contributed by atoms with E-state index in [9.17, 15) is 27.6 Å². The summed E-state index contributed by atoms with van der Waals surface area (Å²) in [5.41, 5.74) is -0.0897. The van der Waals surface area contributed by atoms with Gasteiger partial charge in [0.25, 0.3) is 0 Å². The largest absolute Gasteiger partial charge is 0.489 e. The Morgan fingerprint density at radius 3 is 2.07 bits per heavy atom. The van der Waals surface area contributed by atoms with Crippen LogP contribution in [0.5, 0.6) is 5.75 Å². The molecule has 0 aromatic heterocycles. The molecule has 0 aliphatic rings. The highest BCUT2D eigenvalue weighted by Gasteiger charge is 2.32. The molecule has 3 aromatic carbocycles. The van der Waals surface area contributed by atoms with E-state index in [1.165, 1.54) is 12.1 Å². The second-order valence-electron chi connectivity index (χ2n) is 12.1. The number of ether oxygens (including phenoxy) is 2. The molecule has 3 rings (SSSR count). The van der Waals surface area contributed by atoms with Crippen LogP contribution in [-0.2, 0) is 33.5 Å². The Bertz CT molecular complexity index is 1420. The quantitative estimate of drug-likeness (QED) is 0.190. The number of carbonyl (C=O) groups is 3. The first-order valence-corrected chi connectivity index (χ1v) is 14.6. The Morgan fingerprint density at radius 1 is 0.800 bits per heavy atom. The van der Waals surface area contributed by atoms with Gasteiger partial charge in [-0.2, -0.15) is 13.2 Å².